The smallest absolute Gasteiger partial charge is 0.254 e. The van der Waals surface area contributed by atoms with Gasteiger partial charge in [0.1, 0.15) is 16.1 Å². The Hall–Kier alpha value is -2.85. The first-order valence-corrected chi connectivity index (χ1v) is 9.27. The minimum absolute atomic E-state index is 0.336. The van der Waals surface area contributed by atoms with Crippen LogP contribution in [0, 0.1) is 0 Å². The average Bonchev–Trinajstić information content (AvgIpc) is 3.35. The van der Waals surface area contributed by atoms with E-state index in [1.165, 1.54) is 0 Å². The number of nitrogens with two attached hydrogens (primary N) is 1. The molecule has 0 amide bonds. The van der Waals surface area contributed by atoms with E-state index in [0.29, 0.717) is 28.6 Å². The zero-order chi connectivity index (χ0) is 17.9. The summed E-state index contributed by atoms with van der Waals surface area (Å²) in [6, 6.07) is 3.83. The second-order valence-corrected chi connectivity index (χ2v) is 7.07. The van der Waals surface area contributed by atoms with Crippen LogP contribution in [0.15, 0.2) is 53.1 Å². The molecule has 26 heavy (non-hydrogen) atoms. The van der Waals surface area contributed by atoms with Gasteiger partial charge in [0.15, 0.2) is 0 Å². The highest BCUT2D eigenvalue weighted by Crippen LogP contribution is 2.27. The van der Waals surface area contributed by atoms with Gasteiger partial charge in [-0.3, -0.25) is 9.97 Å². The van der Waals surface area contributed by atoms with Gasteiger partial charge >= 0.3 is 0 Å². The molecule has 0 fully saturated rings. The van der Waals surface area contributed by atoms with E-state index in [4.69, 9.17) is 5.73 Å². The van der Waals surface area contributed by atoms with Gasteiger partial charge < -0.3 is 11.1 Å². The first-order valence-electron chi connectivity index (χ1n) is 7.60. The molecule has 0 aliphatic rings. The van der Waals surface area contributed by atoms with Gasteiger partial charge in [-0.15, -0.1) is 11.3 Å². The molecule has 0 bridgehead atoms. The molecule has 3 N–H and O–H groups in total. The van der Waals surface area contributed by atoms with E-state index in [2.05, 4.69) is 46.3 Å². The Kier molecular flexibility index (Phi) is 4.59. The summed E-state index contributed by atoms with van der Waals surface area (Å²) in [5.41, 5.74) is 9.77. The van der Waals surface area contributed by atoms with Gasteiger partial charge in [0.05, 0.1) is 18.3 Å². The van der Waals surface area contributed by atoms with Crippen LogP contribution >= 0.6 is 27.3 Å². The molecule has 0 spiro atoms. The van der Waals surface area contributed by atoms with Crippen molar-refractivity contribution < 1.29 is 0 Å². The zero-order valence-corrected chi connectivity index (χ0v) is 15.8. The molecule has 0 atom stereocenters. The molecule has 0 aliphatic carbocycles. The van der Waals surface area contributed by atoms with E-state index in [0.717, 1.165) is 16.0 Å². The van der Waals surface area contributed by atoms with Crippen molar-refractivity contribution in [3.63, 3.8) is 0 Å². The van der Waals surface area contributed by atoms with Gasteiger partial charge in [0.25, 0.3) is 5.95 Å². The summed E-state index contributed by atoms with van der Waals surface area (Å²) >= 11 is 5.00. The van der Waals surface area contributed by atoms with Crippen LogP contribution in [0.25, 0.3) is 17.1 Å². The summed E-state index contributed by atoms with van der Waals surface area (Å²) in [5, 5.41) is 7.60. The van der Waals surface area contributed by atoms with Gasteiger partial charge in [-0.25, -0.2) is 4.68 Å². The maximum absolute atomic E-state index is 6.03. The molecular weight excluding hydrogens is 416 g/mol. The number of nitrogens with one attached hydrogen (secondary N) is 1. The lowest BCUT2D eigenvalue weighted by Crippen LogP contribution is -2.09. The van der Waals surface area contributed by atoms with Crippen molar-refractivity contribution in [2.45, 2.75) is 6.54 Å². The number of anilines is 2. The Balaban J connectivity index is 1.63. The molecule has 0 saturated carbocycles. The number of nitrogens with zero attached hydrogens (tertiary/aromatic N) is 6. The summed E-state index contributed by atoms with van der Waals surface area (Å²) in [4.78, 5) is 18.0. The standard InChI is InChI=1S/C16H13BrN8S/c17-13-14(18)23-16(24-15(13)21-7-12-6-20-9-26-12)25-8-11(5-22-25)10-1-3-19-4-2-10/h1-6,8-9H,7H2,(H3,18,21,23,24). The van der Waals surface area contributed by atoms with Crippen LogP contribution in [0.5, 0.6) is 0 Å². The lowest BCUT2D eigenvalue weighted by molar-refractivity contribution is 0.809. The fraction of sp³-hybridized carbons (Fsp3) is 0.0625. The number of aromatic nitrogens is 6. The number of hydrogen-bond acceptors (Lipinski definition) is 8. The summed E-state index contributed by atoms with van der Waals surface area (Å²) < 4.78 is 2.21. The Labute approximate surface area is 161 Å². The van der Waals surface area contributed by atoms with Gasteiger partial charge in [0.2, 0.25) is 0 Å². The Morgan fingerprint density at radius 2 is 1.96 bits per heavy atom. The third kappa shape index (κ3) is 3.41. The maximum Gasteiger partial charge on any atom is 0.254 e. The van der Waals surface area contributed by atoms with Crippen LogP contribution in [0.3, 0.4) is 0 Å². The molecule has 0 aromatic carbocycles. The predicted octanol–water partition coefficient (Wildman–Crippen LogP) is 3.14. The largest absolute Gasteiger partial charge is 0.383 e. The highest BCUT2D eigenvalue weighted by atomic mass is 79.9. The molecule has 10 heteroatoms. The van der Waals surface area contributed by atoms with Gasteiger partial charge in [-0.2, -0.15) is 15.1 Å². The number of rotatable bonds is 5. The van der Waals surface area contributed by atoms with E-state index in [1.54, 1.807) is 40.1 Å². The van der Waals surface area contributed by atoms with Crippen molar-refractivity contribution >= 4 is 38.9 Å². The predicted molar refractivity (Wildman–Crippen MR) is 104 cm³/mol. The number of halogens is 1. The van der Waals surface area contributed by atoms with Crippen LogP contribution < -0.4 is 11.1 Å². The number of pyridine rings is 1. The van der Waals surface area contributed by atoms with Crippen molar-refractivity contribution in [1.82, 2.24) is 29.7 Å². The molecule has 0 unspecified atom stereocenters. The van der Waals surface area contributed by atoms with E-state index in [9.17, 15) is 0 Å². The van der Waals surface area contributed by atoms with E-state index in [-0.39, 0.29) is 0 Å². The lowest BCUT2D eigenvalue weighted by Gasteiger charge is -2.10. The zero-order valence-electron chi connectivity index (χ0n) is 13.4. The van der Waals surface area contributed by atoms with Crippen LogP contribution in [0.1, 0.15) is 4.88 Å². The van der Waals surface area contributed by atoms with E-state index >= 15 is 0 Å². The molecule has 0 radical (unpaired) electrons. The monoisotopic (exact) mass is 428 g/mol. The highest BCUT2D eigenvalue weighted by molar-refractivity contribution is 9.10. The van der Waals surface area contributed by atoms with E-state index < -0.39 is 0 Å². The van der Waals surface area contributed by atoms with Crippen molar-refractivity contribution in [2.24, 2.45) is 0 Å². The third-order valence-electron chi connectivity index (χ3n) is 3.58. The van der Waals surface area contributed by atoms with Gasteiger partial charge in [-0.1, -0.05) is 0 Å². The topological polar surface area (TPSA) is 107 Å². The molecule has 4 aromatic heterocycles. The Morgan fingerprint density at radius 1 is 1.12 bits per heavy atom. The first kappa shape index (κ1) is 16.6. The first-order chi connectivity index (χ1) is 12.7. The molecule has 8 nitrogen and oxygen atoms in total. The fourth-order valence-corrected chi connectivity index (χ4v) is 3.15. The van der Waals surface area contributed by atoms with Crippen LogP contribution in [-0.2, 0) is 6.54 Å². The third-order valence-corrected chi connectivity index (χ3v) is 5.14. The number of thiazole rings is 1. The maximum atomic E-state index is 6.03. The molecule has 0 aliphatic heterocycles. The summed E-state index contributed by atoms with van der Waals surface area (Å²) in [7, 11) is 0. The van der Waals surface area contributed by atoms with Crippen molar-refractivity contribution in [2.75, 3.05) is 11.1 Å². The SMILES string of the molecule is Nc1nc(-n2cc(-c3ccncc3)cn2)nc(NCc2cncs2)c1Br. The van der Waals surface area contributed by atoms with Crippen LogP contribution in [-0.4, -0.2) is 29.7 Å². The van der Waals surface area contributed by atoms with Crippen molar-refractivity contribution in [3.8, 4) is 17.1 Å². The quantitative estimate of drug-likeness (QED) is 0.502. The average molecular weight is 429 g/mol. The lowest BCUT2D eigenvalue weighted by atomic mass is 10.1. The minimum atomic E-state index is 0.336. The van der Waals surface area contributed by atoms with Crippen LogP contribution in [0.2, 0.25) is 0 Å². The molecule has 4 aromatic rings. The minimum Gasteiger partial charge on any atom is -0.383 e. The Bertz CT molecular complexity index is 1020. The summed E-state index contributed by atoms with van der Waals surface area (Å²) in [5.74, 6) is 1.32. The molecule has 130 valence electrons. The second-order valence-electron chi connectivity index (χ2n) is 5.30. The molecular formula is C16H13BrN8S. The van der Waals surface area contributed by atoms with Gasteiger partial charge in [-0.05, 0) is 33.6 Å². The molecule has 4 rings (SSSR count). The summed E-state index contributed by atoms with van der Waals surface area (Å²) in [6.45, 7) is 0.598. The molecule has 4 heterocycles. The Morgan fingerprint density at radius 3 is 2.73 bits per heavy atom. The van der Waals surface area contributed by atoms with Crippen molar-refractivity contribution in [3.05, 3.63) is 58.0 Å². The van der Waals surface area contributed by atoms with Crippen LogP contribution in [0.4, 0.5) is 11.6 Å². The second kappa shape index (κ2) is 7.18. The van der Waals surface area contributed by atoms with E-state index in [1.807, 2.05) is 24.5 Å². The molecule has 0 saturated heterocycles. The fourth-order valence-electron chi connectivity index (χ4n) is 2.30. The number of nitrogen functional groups attached to an aromatic ring is 1. The highest BCUT2D eigenvalue weighted by Gasteiger charge is 2.13. The normalized spacial score (nSPS) is 10.8. The number of hydrogen-bond donors (Lipinski definition) is 2. The van der Waals surface area contributed by atoms with Gasteiger partial charge in [0, 0.05) is 35.2 Å². The van der Waals surface area contributed by atoms with Crippen molar-refractivity contribution in [1.29, 1.82) is 0 Å². The summed E-state index contributed by atoms with van der Waals surface area (Å²) in [6.07, 6.45) is 8.89.